The van der Waals surface area contributed by atoms with E-state index in [1.807, 2.05) is 13.0 Å². The Labute approximate surface area is 145 Å². The third-order valence-corrected chi connectivity index (χ3v) is 5.78. The Morgan fingerprint density at radius 3 is 2.80 bits per heavy atom. The number of hydrogen-bond donors (Lipinski definition) is 1. The van der Waals surface area contributed by atoms with Gasteiger partial charge in [0, 0.05) is 25.2 Å². The van der Waals surface area contributed by atoms with Gasteiger partial charge in [-0.15, -0.1) is 0 Å². The van der Waals surface area contributed by atoms with E-state index in [1.54, 1.807) is 34.8 Å². The van der Waals surface area contributed by atoms with Gasteiger partial charge in [-0.05, 0) is 25.5 Å². The van der Waals surface area contributed by atoms with Gasteiger partial charge in [0.2, 0.25) is 0 Å². The molecule has 0 spiro atoms. The number of aliphatic imine (C=N–C) groups is 1. The smallest absolute Gasteiger partial charge is 0.263 e. The summed E-state index contributed by atoms with van der Waals surface area (Å²) in [5, 5.41) is 4.26. The van der Waals surface area contributed by atoms with Crippen LogP contribution in [0.2, 0.25) is 0 Å². The number of aromatic nitrogens is 2. The molecule has 25 heavy (non-hydrogen) atoms. The average Bonchev–Trinajstić information content (AvgIpc) is 3.16. The van der Waals surface area contributed by atoms with E-state index in [0.29, 0.717) is 18.5 Å². The Hall–Kier alpha value is -2.68. The zero-order chi connectivity index (χ0) is 17.8. The summed E-state index contributed by atoms with van der Waals surface area (Å²) in [6.07, 6.45) is 0.524. The number of anilines is 1. The number of amidine groups is 1. The molecule has 9 heteroatoms. The number of hydrogen-bond acceptors (Lipinski definition) is 5. The van der Waals surface area contributed by atoms with Gasteiger partial charge in [0.05, 0.1) is 10.6 Å². The van der Waals surface area contributed by atoms with Crippen molar-refractivity contribution in [3.05, 3.63) is 41.6 Å². The van der Waals surface area contributed by atoms with Crippen molar-refractivity contribution in [1.29, 1.82) is 0 Å². The number of nitrogens with zero attached hydrogens (tertiary/aromatic N) is 4. The van der Waals surface area contributed by atoms with Gasteiger partial charge in [-0.3, -0.25) is 24.1 Å². The van der Waals surface area contributed by atoms with Crippen molar-refractivity contribution in [1.82, 2.24) is 14.5 Å². The third kappa shape index (κ3) is 2.51. The first-order valence-corrected chi connectivity index (χ1v) is 9.37. The molecule has 0 bridgehead atoms. The molecule has 0 aliphatic carbocycles. The minimum Gasteiger partial charge on any atom is -0.295 e. The van der Waals surface area contributed by atoms with Crippen LogP contribution in [0, 0.1) is 6.92 Å². The summed E-state index contributed by atoms with van der Waals surface area (Å²) < 4.78 is 28.4. The molecule has 1 N–H and O–H groups in total. The van der Waals surface area contributed by atoms with E-state index in [9.17, 15) is 13.2 Å². The number of sulfonamides is 1. The lowest BCUT2D eigenvalue weighted by atomic mass is 10.2. The monoisotopic (exact) mass is 359 g/mol. The van der Waals surface area contributed by atoms with Gasteiger partial charge in [0.15, 0.2) is 0 Å². The molecule has 2 aromatic rings. The fraction of sp³-hybridized carbons (Fsp3) is 0.312. The quantitative estimate of drug-likeness (QED) is 0.848. The molecule has 1 aromatic heterocycles. The van der Waals surface area contributed by atoms with Gasteiger partial charge in [-0.25, -0.2) is 8.42 Å². The summed E-state index contributed by atoms with van der Waals surface area (Å²) in [5.74, 6) is 0.800. The van der Waals surface area contributed by atoms with E-state index in [-0.39, 0.29) is 16.6 Å². The standard InChI is InChI=1S/C16H17N5O3S/c1-10-9-14(20(2)18-10)21-8-7-12(16(21)22)17-15-11-5-3-4-6-13(11)25(23,24)19-15/h3-6,9,12H,7-8H2,1-2H3,(H,17,19). The Bertz CT molecular complexity index is 1010. The second-order valence-corrected chi connectivity index (χ2v) is 7.79. The van der Waals surface area contributed by atoms with Crippen LogP contribution < -0.4 is 9.62 Å². The number of fused-ring (bicyclic) bond motifs is 1. The first kappa shape index (κ1) is 15.8. The van der Waals surface area contributed by atoms with Gasteiger partial charge in [-0.2, -0.15) is 5.10 Å². The van der Waals surface area contributed by atoms with Crippen molar-refractivity contribution in [2.45, 2.75) is 24.3 Å². The van der Waals surface area contributed by atoms with Gasteiger partial charge < -0.3 is 0 Å². The maximum Gasteiger partial charge on any atom is 0.263 e. The number of rotatable bonds is 2. The fourth-order valence-electron chi connectivity index (χ4n) is 3.25. The lowest BCUT2D eigenvalue weighted by molar-refractivity contribution is -0.118. The summed E-state index contributed by atoms with van der Waals surface area (Å²) in [7, 11) is -1.81. The SMILES string of the molecule is Cc1cc(N2CCC(N=C3NS(=O)(=O)c4ccccc43)C2=O)n(C)n1. The Morgan fingerprint density at radius 2 is 2.08 bits per heavy atom. The van der Waals surface area contributed by atoms with Crippen molar-refractivity contribution < 1.29 is 13.2 Å². The highest BCUT2D eigenvalue weighted by Gasteiger charge is 2.37. The molecule has 0 saturated carbocycles. The van der Waals surface area contributed by atoms with Gasteiger partial charge >= 0.3 is 0 Å². The molecule has 1 unspecified atom stereocenters. The fourth-order valence-corrected chi connectivity index (χ4v) is 4.49. The van der Waals surface area contributed by atoms with Crippen LogP contribution >= 0.6 is 0 Å². The number of nitrogens with one attached hydrogen (secondary N) is 1. The zero-order valence-electron chi connectivity index (χ0n) is 13.8. The van der Waals surface area contributed by atoms with Crippen molar-refractivity contribution >= 4 is 27.6 Å². The lowest BCUT2D eigenvalue weighted by Crippen LogP contribution is -2.31. The molecule has 2 aliphatic heterocycles. The number of carbonyl (C=O) groups is 1. The first-order valence-electron chi connectivity index (χ1n) is 7.89. The molecule has 130 valence electrons. The molecule has 3 heterocycles. The lowest BCUT2D eigenvalue weighted by Gasteiger charge is -2.15. The molecule has 2 aliphatic rings. The molecule has 8 nitrogen and oxygen atoms in total. The van der Waals surface area contributed by atoms with Crippen LogP contribution in [-0.2, 0) is 21.9 Å². The van der Waals surface area contributed by atoms with Gasteiger partial charge in [-0.1, -0.05) is 12.1 Å². The highest BCUT2D eigenvalue weighted by atomic mass is 32.2. The van der Waals surface area contributed by atoms with E-state index in [0.717, 1.165) is 11.5 Å². The number of carbonyl (C=O) groups excluding carboxylic acids is 1. The van der Waals surface area contributed by atoms with Crippen LogP contribution in [0.3, 0.4) is 0 Å². The van der Waals surface area contributed by atoms with Crippen LogP contribution in [0.4, 0.5) is 5.82 Å². The largest absolute Gasteiger partial charge is 0.295 e. The van der Waals surface area contributed by atoms with Crippen LogP contribution in [0.15, 0.2) is 40.2 Å². The Balaban J connectivity index is 1.66. The summed E-state index contributed by atoms with van der Waals surface area (Å²) in [6, 6.07) is 7.86. The summed E-state index contributed by atoms with van der Waals surface area (Å²) in [5.41, 5.74) is 1.34. The Morgan fingerprint density at radius 1 is 1.32 bits per heavy atom. The van der Waals surface area contributed by atoms with Crippen molar-refractivity contribution in [2.24, 2.45) is 12.0 Å². The molecular formula is C16H17N5O3S. The first-order chi connectivity index (χ1) is 11.9. The summed E-state index contributed by atoms with van der Waals surface area (Å²) in [4.78, 5) is 19.0. The number of amides is 1. The van der Waals surface area contributed by atoms with Crippen LogP contribution in [0.1, 0.15) is 17.7 Å². The van der Waals surface area contributed by atoms with Crippen molar-refractivity contribution in [2.75, 3.05) is 11.4 Å². The maximum atomic E-state index is 12.7. The second-order valence-electron chi connectivity index (χ2n) is 6.14. The molecule has 0 radical (unpaired) electrons. The van der Waals surface area contributed by atoms with Crippen LogP contribution in [0.5, 0.6) is 0 Å². The molecule has 1 amide bonds. The van der Waals surface area contributed by atoms with Crippen LogP contribution in [-0.4, -0.2) is 42.5 Å². The van der Waals surface area contributed by atoms with Gasteiger partial charge in [0.1, 0.15) is 17.7 Å². The normalized spacial score (nSPS) is 23.1. The molecule has 1 aromatic carbocycles. The molecule has 1 fully saturated rings. The predicted molar refractivity (Wildman–Crippen MR) is 92.0 cm³/mol. The van der Waals surface area contributed by atoms with Crippen LogP contribution in [0.25, 0.3) is 0 Å². The molecular weight excluding hydrogens is 342 g/mol. The topological polar surface area (TPSA) is 96.7 Å². The van der Waals surface area contributed by atoms with E-state index in [1.165, 1.54) is 6.07 Å². The third-order valence-electron chi connectivity index (χ3n) is 4.38. The second kappa shape index (κ2) is 5.41. The molecule has 1 saturated heterocycles. The maximum absolute atomic E-state index is 12.7. The minimum atomic E-state index is -3.60. The van der Waals surface area contributed by atoms with Crippen molar-refractivity contribution in [3.8, 4) is 0 Å². The van der Waals surface area contributed by atoms with E-state index >= 15 is 0 Å². The minimum absolute atomic E-state index is 0.154. The molecule has 4 rings (SSSR count). The van der Waals surface area contributed by atoms with Gasteiger partial charge in [0.25, 0.3) is 15.9 Å². The Kier molecular flexibility index (Phi) is 3.43. The molecule has 1 atom stereocenters. The predicted octanol–water partition coefficient (Wildman–Crippen LogP) is 0.573. The number of benzene rings is 1. The zero-order valence-corrected chi connectivity index (χ0v) is 14.6. The average molecular weight is 359 g/mol. The van der Waals surface area contributed by atoms with E-state index in [2.05, 4.69) is 14.8 Å². The van der Waals surface area contributed by atoms with Crippen molar-refractivity contribution in [3.63, 3.8) is 0 Å². The highest BCUT2D eigenvalue weighted by molar-refractivity contribution is 7.90. The highest BCUT2D eigenvalue weighted by Crippen LogP contribution is 2.26. The number of aryl methyl sites for hydroxylation is 2. The summed E-state index contributed by atoms with van der Waals surface area (Å²) >= 11 is 0. The van der Waals surface area contributed by atoms with E-state index < -0.39 is 16.1 Å². The van der Waals surface area contributed by atoms with E-state index in [4.69, 9.17) is 0 Å². The summed E-state index contributed by atoms with van der Waals surface area (Å²) in [6.45, 7) is 2.39.